The molecule has 1 aromatic carbocycles. The van der Waals surface area contributed by atoms with Gasteiger partial charge in [0.2, 0.25) is 0 Å². The predicted octanol–water partition coefficient (Wildman–Crippen LogP) is 2.92. The van der Waals surface area contributed by atoms with Crippen molar-refractivity contribution in [2.75, 3.05) is 18.4 Å². The Morgan fingerprint density at radius 3 is 2.29 bits per heavy atom. The average molecular weight is 330 g/mol. The summed E-state index contributed by atoms with van der Waals surface area (Å²) in [7, 11) is -0.418. The zero-order valence-electron chi connectivity index (χ0n) is 15.3. The van der Waals surface area contributed by atoms with E-state index in [1.165, 1.54) is 0 Å². The summed E-state index contributed by atoms with van der Waals surface area (Å²) < 4.78 is 12.3. The van der Waals surface area contributed by atoms with Crippen LogP contribution in [-0.2, 0) is 9.31 Å². The number of nitrogens with one attached hydrogen (secondary N) is 1. The molecule has 3 rings (SSSR count). The van der Waals surface area contributed by atoms with E-state index in [2.05, 4.69) is 5.32 Å². The van der Waals surface area contributed by atoms with Crippen molar-refractivity contribution >= 4 is 24.3 Å². The summed E-state index contributed by atoms with van der Waals surface area (Å²) in [6, 6.07) is 5.84. The summed E-state index contributed by atoms with van der Waals surface area (Å²) in [5.41, 5.74) is 2.02. The maximum Gasteiger partial charge on any atom is 0.495 e. The van der Waals surface area contributed by atoms with Gasteiger partial charge in [-0.05, 0) is 64.6 Å². The van der Waals surface area contributed by atoms with Gasteiger partial charge in [0.1, 0.15) is 0 Å². The van der Waals surface area contributed by atoms with Crippen molar-refractivity contribution in [1.82, 2.24) is 4.90 Å². The van der Waals surface area contributed by atoms with Gasteiger partial charge in [0.15, 0.2) is 0 Å². The van der Waals surface area contributed by atoms with Crippen molar-refractivity contribution < 1.29 is 14.1 Å². The first-order valence-electron chi connectivity index (χ1n) is 8.72. The SMILES string of the molecule is Cc1c(NC(=O)N2CCCC2)cccc1B1OC(C)(C)C(C)(C)O1. The van der Waals surface area contributed by atoms with Crippen LogP contribution >= 0.6 is 0 Å². The van der Waals surface area contributed by atoms with Crippen LogP contribution < -0.4 is 10.8 Å². The summed E-state index contributed by atoms with van der Waals surface area (Å²) in [5, 5.41) is 3.03. The Morgan fingerprint density at radius 1 is 1.12 bits per heavy atom. The molecule has 0 spiro atoms. The molecule has 0 aromatic heterocycles. The first-order chi connectivity index (χ1) is 11.2. The van der Waals surface area contributed by atoms with Crippen LogP contribution in [0.25, 0.3) is 0 Å². The Hall–Kier alpha value is -1.53. The molecule has 0 atom stereocenters. The number of urea groups is 1. The van der Waals surface area contributed by atoms with E-state index >= 15 is 0 Å². The largest absolute Gasteiger partial charge is 0.495 e. The summed E-state index contributed by atoms with van der Waals surface area (Å²) in [4.78, 5) is 14.2. The van der Waals surface area contributed by atoms with E-state index in [1.54, 1.807) is 0 Å². The molecule has 130 valence electrons. The van der Waals surface area contributed by atoms with Crippen LogP contribution in [-0.4, -0.2) is 42.3 Å². The van der Waals surface area contributed by atoms with Crippen LogP contribution in [0.1, 0.15) is 46.1 Å². The summed E-state index contributed by atoms with van der Waals surface area (Å²) >= 11 is 0. The van der Waals surface area contributed by atoms with Crippen molar-refractivity contribution in [3.63, 3.8) is 0 Å². The number of carbonyl (C=O) groups excluding carboxylic acids is 1. The zero-order chi connectivity index (χ0) is 17.5. The van der Waals surface area contributed by atoms with Crippen molar-refractivity contribution in [2.45, 2.75) is 58.7 Å². The van der Waals surface area contributed by atoms with Crippen molar-refractivity contribution in [3.8, 4) is 0 Å². The summed E-state index contributed by atoms with van der Waals surface area (Å²) in [6.45, 7) is 11.8. The van der Waals surface area contributed by atoms with Crippen molar-refractivity contribution in [3.05, 3.63) is 23.8 Å². The fourth-order valence-corrected chi connectivity index (χ4v) is 3.13. The number of anilines is 1. The first kappa shape index (κ1) is 17.3. The number of benzene rings is 1. The molecule has 0 aliphatic carbocycles. The molecule has 2 heterocycles. The highest BCUT2D eigenvalue weighted by Gasteiger charge is 2.52. The Bertz CT molecular complexity index is 623. The second kappa shape index (κ2) is 6.08. The minimum atomic E-state index is -0.418. The Labute approximate surface area is 144 Å². The number of hydrogen-bond donors (Lipinski definition) is 1. The fourth-order valence-electron chi connectivity index (χ4n) is 3.13. The smallest absolute Gasteiger partial charge is 0.399 e. The third kappa shape index (κ3) is 3.05. The highest BCUT2D eigenvalue weighted by Crippen LogP contribution is 2.37. The van der Waals surface area contributed by atoms with E-state index in [0.29, 0.717) is 0 Å². The molecule has 0 bridgehead atoms. The molecular formula is C18H27BN2O3. The summed E-state index contributed by atoms with van der Waals surface area (Å²) in [6.07, 6.45) is 2.17. The van der Waals surface area contributed by atoms with Crippen LogP contribution in [0.2, 0.25) is 0 Å². The Balaban J connectivity index is 1.80. The van der Waals surface area contributed by atoms with Crippen LogP contribution in [0.5, 0.6) is 0 Å². The van der Waals surface area contributed by atoms with Crippen LogP contribution in [0.4, 0.5) is 10.5 Å². The molecule has 0 radical (unpaired) electrons. The number of carbonyl (C=O) groups is 1. The van der Waals surface area contributed by atoms with E-state index in [-0.39, 0.29) is 17.2 Å². The van der Waals surface area contributed by atoms with Gasteiger partial charge in [-0.25, -0.2) is 4.79 Å². The van der Waals surface area contributed by atoms with Gasteiger partial charge in [0, 0.05) is 18.8 Å². The third-order valence-electron chi connectivity index (χ3n) is 5.52. The Morgan fingerprint density at radius 2 is 1.71 bits per heavy atom. The normalized spacial score (nSPS) is 22.0. The monoisotopic (exact) mass is 330 g/mol. The quantitative estimate of drug-likeness (QED) is 0.849. The van der Waals surface area contributed by atoms with Gasteiger partial charge in [-0.1, -0.05) is 12.1 Å². The van der Waals surface area contributed by atoms with E-state index in [0.717, 1.165) is 42.6 Å². The van der Waals surface area contributed by atoms with Gasteiger partial charge in [0.25, 0.3) is 0 Å². The molecule has 6 heteroatoms. The van der Waals surface area contributed by atoms with Crippen LogP contribution in [0, 0.1) is 6.92 Å². The molecule has 0 unspecified atom stereocenters. The highest BCUT2D eigenvalue weighted by atomic mass is 16.7. The lowest BCUT2D eigenvalue weighted by atomic mass is 9.76. The topological polar surface area (TPSA) is 50.8 Å². The lowest BCUT2D eigenvalue weighted by Crippen LogP contribution is -2.41. The van der Waals surface area contributed by atoms with Gasteiger partial charge < -0.3 is 19.5 Å². The maximum atomic E-state index is 12.4. The molecule has 2 fully saturated rings. The van der Waals surface area contributed by atoms with E-state index in [9.17, 15) is 4.79 Å². The first-order valence-corrected chi connectivity index (χ1v) is 8.72. The second-order valence-corrected chi connectivity index (χ2v) is 7.73. The Kier molecular flexibility index (Phi) is 4.38. The molecule has 2 saturated heterocycles. The minimum absolute atomic E-state index is 0.0262. The zero-order valence-corrected chi connectivity index (χ0v) is 15.3. The number of nitrogens with zero attached hydrogens (tertiary/aromatic N) is 1. The van der Waals surface area contributed by atoms with Gasteiger partial charge in [-0.3, -0.25) is 0 Å². The number of amides is 2. The molecular weight excluding hydrogens is 303 g/mol. The number of hydrogen-bond acceptors (Lipinski definition) is 3. The number of rotatable bonds is 2. The number of likely N-dealkylation sites (tertiary alicyclic amines) is 1. The third-order valence-corrected chi connectivity index (χ3v) is 5.52. The summed E-state index contributed by atoms with van der Waals surface area (Å²) in [5.74, 6) is 0. The lowest BCUT2D eigenvalue weighted by Gasteiger charge is -2.32. The minimum Gasteiger partial charge on any atom is -0.399 e. The van der Waals surface area contributed by atoms with E-state index < -0.39 is 7.12 Å². The lowest BCUT2D eigenvalue weighted by molar-refractivity contribution is 0.00578. The van der Waals surface area contributed by atoms with E-state index in [4.69, 9.17) is 9.31 Å². The average Bonchev–Trinajstić information content (AvgIpc) is 3.08. The second-order valence-electron chi connectivity index (χ2n) is 7.73. The standard InChI is InChI=1S/C18H27BN2O3/c1-13-14(19-23-17(2,3)18(4,5)24-19)9-8-10-15(13)20-16(22)21-11-6-7-12-21/h8-10H,6-7,11-12H2,1-5H3,(H,20,22). The van der Waals surface area contributed by atoms with E-state index in [1.807, 2.05) is 57.7 Å². The van der Waals surface area contributed by atoms with Gasteiger partial charge in [-0.15, -0.1) is 0 Å². The highest BCUT2D eigenvalue weighted by molar-refractivity contribution is 6.62. The van der Waals surface area contributed by atoms with Crippen LogP contribution in [0.15, 0.2) is 18.2 Å². The molecule has 2 aliphatic rings. The van der Waals surface area contributed by atoms with Crippen molar-refractivity contribution in [2.24, 2.45) is 0 Å². The maximum absolute atomic E-state index is 12.4. The molecule has 2 amide bonds. The van der Waals surface area contributed by atoms with Gasteiger partial charge >= 0.3 is 13.1 Å². The predicted molar refractivity (Wildman–Crippen MR) is 96.7 cm³/mol. The van der Waals surface area contributed by atoms with Crippen molar-refractivity contribution in [1.29, 1.82) is 0 Å². The molecule has 24 heavy (non-hydrogen) atoms. The molecule has 2 aliphatic heterocycles. The van der Waals surface area contributed by atoms with Crippen LogP contribution in [0.3, 0.4) is 0 Å². The van der Waals surface area contributed by atoms with Gasteiger partial charge in [-0.2, -0.15) is 0 Å². The fraction of sp³-hybridized carbons (Fsp3) is 0.611. The molecule has 1 aromatic rings. The molecule has 0 saturated carbocycles. The molecule has 5 nitrogen and oxygen atoms in total. The molecule has 1 N–H and O–H groups in total. The van der Waals surface area contributed by atoms with Gasteiger partial charge in [0.05, 0.1) is 11.2 Å².